The average Bonchev–Trinajstić information content (AvgIpc) is 2.57. The van der Waals surface area contributed by atoms with Crippen LogP contribution in [0.1, 0.15) is 35.3 Å². The molecule has 0 bridgehead atoms. The van der Waals surface area contributed by atoms with Crippen LogP contribution >= 0.6 is 11.6 Å². The van der Waals surface area contributed by atoms with E-state index in [4.69, 9.17) is 11.6 Å². The molecular formula is C18H17ClN2O4S. The predicted molar refractivity (Wildman–Crippen MR) is 99.5 cm³/mol. The van der Waals surface area contributed by atoms with Gasteiger partial charge in [-0.3, -0.25) is 4.79 Å². The van der Waals surface area contributed by atoms with Crippen molar-refractivity contribution in [2.75, 3.05) is 11.1 Å². The number of benzene rings is 2. The number of carbonyl (C=O) groups is 2. The van der Waals surface area contributed by atoms with E-state index in [1.807, 2.05) is 0 Å². The Morgan fingerprint density at radius 1 is 1.15 bits per heavy atom. The van der Waals surface area contributed by atoms with Gasteiger partial charge in [-0.05, 0) is 49.2 Å². The highest BCUT2D eigenvalue weighted by Gasteiger charge is 2.31. The van der Waals surface area contributed by atoms with Gasteiger partial charge < -0.3 is 10.6 Å². The molecule has 8 heteroatoms. The molecule has 2 aromatic rings. The summed E-state index contributed by atoms with van der Waals surface area (Å²) in [6.07, 6.45) is 0.260. The number of anilines is 1. The van der Waals surface area contributed by atoms with Crippen molar-refractivity contribution in [3.05, 3.63) is 58.6 Å². The maximum absolute atomic E-state index is 12.3. The van der Waals surface area contributed by atoms with E-state index in [1.165, 1.54) is 19.1 Å². The summed E-state index contributed by atoms with van der Waals surface area (Å²) >= 11 is 5.99. The number of rotatable bonds is 3. The van der Waals surface area contributed by atoms with Crippen LogP contribution in [0.25, 0.3) is 0 Å². The number of Topliss-reactive ketones (excluding diaryl/α,β-unsaturated/α-hetero) is 1. The van der Waals surface area contributed by atoms with E-state index >= 15 is 0 Å². The molecule has 2 amide bonds. The van der Waals surface area contributed by atoms with Crippen molar-refractivity contribution >= 4 is 38.9 Å². The maximum Gasteiger partial charge on any atom is 0.319 e. The van der Waals surface area contributed by atoms with E-state index < -0.39 is 21.9 Å². The van der Waals surface area contributed by atoms with Gasteiger partial charge in [0.05, 0.1) is 16.7 Å². The number of carbonyl (C=O) groups excluding carboxylic acids is 2. The molecule has 1 atom stereocenters. The molecule has 1 heterocycles. The molecule has 3 rings (SSSR count). The van der Waals surface area contributed by atoms with Crippen molar-refractivity contribution in [3.8, 4) is 0 Å². The highest BCUT2D eigenvalue weighted by molar-refractivity contribution is 7.91. The van der Waals surface area contributed by atoms with Gasteiger partial charge in [-0.2, -0.15) is 0 Å². The largest absolute Gasteiger partial charge is 0.331 e. The molecule has 26 heavy (non-hydrogen) atoms. The van der Waals surface area contributed by atoms with Crippen molar-refractivity contribution in [2.45, 2.75) is 24.3 Å². The standard InChI is InChI=1S/C18H17ClN2O4S/c1-11(22)12-3-2-4-14(9-12)20-18(23)21-16-7-8-26(24,25)17-6-5-13(19)10-15(16)17/h2-6,9-10,16H,7-8H2,1H3,(H2,20,21,23)/t16-/m0/s1. The van der Waals surface area contributed by atoms with E-state index in [-0.39, 0.29) is 22.9 Å². The monoisotopic (exact) mass is 392 g/mol. The summed E-state index contributed by atoms with van der Waals surface area (Å²) < 4.78 is 24.4. The smallest absolute Gasteiger partial charge is 0.319 e. The first-order valence-corrected chi connectivity index (χ1v) is 10.00. The van der Waals surface area contributed by atoms with Crippen LogP contribution < -0.4 is 10.6 Å². The van der Waals surface area contributed by atoms with E-state index in [1.54, 1.807) is 30.3 Å². The molecule has 0 unspecified atom stereocenters. The van der Waals surface area contributed by atoms with Crippen LogP contribution in [0.4, 0.5) is 10.5 Å². The number of nitrogens with one attached hydrogen (secondary N) is 2. The zero-order valence-corrected chi connectivity index (χ0v) is 15.5. The van der Waals surface area contributed by atoms with E-state index in [9.17, 15) is 18.0 Å². The third-order valence-corrected chi connectivity index (χ3v) is 6.24. The van der Waals surface area contributed by atoms with Gasteiger partial charge in [-0.15, -0.1) is 0 Å². The first kappa shape index (κ1) is 18.4. The lowest BCUT2D eigenvalue weighted by atomic mass is 10.0. The number of ketones is 1. The third kappa shape index (κ3) is 3.89. The second-order valence-electron chi connectivity index (χ2n) is 6.08. The number of halogens is 1. The number of amides is 2. The lowest BCUT2D eigenvalue weighted by Gasteiger charge is -2.26. The van der Waals surface area contributed by atoms with Crippen LogP contribution in [0.3, 0.4) is 0 Å². The summed E-state index contributed by atoms with van der Waals surface area (Å²) in [7, 11) is -3.37. The van der Waals surface area contributed by atoms with Crippen LogP contribution in [0.2, 0.25) is 5.02 Å². The van der Waals surface area contributed by atoms with Crippen LogP contribution in [-0.4, -0.2) is 26.0 Å². The Balaban J connectivity index is 1.79. The Morgan fingerprint density at radius 3 is 2.65 bits per heavy atom. The molecule has 1 aliphatic heterocycles. The summed E-state index contributed by atoms with van der Waals surface area (Å²) in [6, 6.07) is 10.2. The Morgan fingerprint density at radius 2 is 1.92 bits per heavy atom. The highest BCUT2D eigenvalue weighted by Crippen LogP contribution is 2.34. The molecule has 0 saturated heterocycles. The minimum atomic E-state index is -3.37. The molecule has 2 aromatic carbocycles. The Hall–Kier alpha value is -2.38. The molecular weight excluding hydrogens is 376 g/mol. The van der Waals surface area contributed by atoms with E-state index in [0.717, 1.165) is 0 Å². The van der Waals surface area contributed by atoms with Crippen molar-refractivity contribution in [2.24, 2.45) is 0 Å². The first-order valence-electron chi connectivity index (χ1n) is 7.97. The average molecular weight is 393 g/mol. The normalized spacial score (nSPS) is 17.8. The fourth-order valence-corrected chi connectivity index (χ4v) is 4.69. The number of sulfone groups is 1. The van der Waals surface area contributed by atoms with Gasteiger partial charge in [0.2, 0.25) is 0 Å². The fourth-order valence-electron chi connectivity index (χ4n) is 2.90. The molecule has 0 radical (unpaired) electrons. The highest BCUT2D eigenvalue weighted by atomic mass is 35.5. The van der Waals surface area contributed by atoms with Crippen molar-refractivity contribution in [1.29, 1.82) is 0 Å². The topological polar surface area (TPSA) is 92.3 Å². The number of hydrogen-bond acceptors (Lipinski definition) is 4. The molecule has 0 spiro atoms. The quantitative estimate of drug-likeness (QED) is 0.781. The summed E-state index contributed by atoms with van der Waals surface area (Å²) in [5.41, 5.74) is 1.45. The van der Waals surface area contributed by atoms with E-state index in [0.29, 0.717) is 21.8 Å². The molecule has 136 valence electrons. The van der Waals surface area contributed by atoms with Crippen LogP contribution in [0.15, 0.2) is 47.4 Å². The summed E-state index contributed by atoms with van der Waals surface area (Å²) in [5, 5.41) is 5.85. The minimum absolute atomic E-state index is 0.0492. The maximum atomic E-state index is 12.3. The molecule has 0 fully saturated rings. The van der Waals surface area contributed by atoms with Gasteiger partial charge in [0.15, 0.2) is 15.6 Å². The zero-order chi connectivity index (χ0) is 18.9. The summed E-state index contributed by atoms with van der Waals surface area (Å²) in [6.45, 7) is 1.45. The van der Waals surface area contributed by atoms with Gasteiger partial charge >= 0.3 is 6.03 Å². The lowest BCUT2D eigenvalue weighted by molar-refractivity contribution is 0.101. The van der Waals surface area contributed by atoms with Gasteiger partial charge in [0.25, 0.3) is 0 Å². The Kier molecular flexibility index (Phi) is 5.02. The number of fused-ring (bicyclic) bond motifs is 1. The van der Waals surface area contributed by atoms with Gasteiger partial charge in [-0.1, -0.05) is 23.7 Å². The van der Waals surface area contributed by atoms with Gasteiger partial charge in [0, 0.05) is 16.3 Å². The molecule has 0 aliphatic carbocycles. The SMILES string of the molecule is CC(=O)c1cccc(NC(=O)N[C@H]2CCS(=O)(=O)c3ccc(Cl)cc32)c1. The lowest BCUT2D eigenvalue weighted by Crippen LogP contribution is -2.36. The van der Waals surface area contributed by atoms with E-state index in [2.05, 4.69) is 10.6 Å². The molecule has 0 saturated carbocycles. The minimum Gasteiger partial charge on any atom is -0.331 e. The first-order chi connectivity index (χ1) is 12.3. The third-order valence-electron chi connectivity index (χ3n) is 4.19. The van der Waals surface area contributed by atoms with Crippen LogP contribution in [0.5, 0.6) is 0 Å². The zero-order valence-electron chi connectivity index (χ0n) is 14.0. The number of urea groups is 1. The van der Waals surface area contributed by atoms with Crippen molar-refractivity contribution in [1.82, 2.24) is 5.32 Å². The van der Waals surface area contributed by atoms with Gasteiger partial charge in [-0.25, -0.2) is 13.2 Å². The second kappa shape index (κ2) is 7.09. The molecule has 6 nitrogen and oxygen atoms in total. The predicted octanol–water partition coefficient (Wildman–Crippen LogP) is 3.58. The van der Waals surface area contributed by atoms with Crippen molar-refractivity contribution < 1.29 is 18.0 Å². The Bertz CT molecular complexity index is 988. The molecule has 2 N–H and O–H groups in total. The fraction of sp³-hybridized carbons (Fsp3) is 0.222. The van der Waals surface area contributed by atoms with Crippen molar-refractivity contribution in [3.63, 3.8) is 0 Å². The second-order valence-corrected chi connectivity index (χ2v) is 8.59. The summed E-state index contributed by atoms with van der Waals surface area (Å²) in [5.74, 6) is -0.151. The number of hydrogen-bond donors (Lipinski definition) is 2. The van der Waals surface area contributed by atoms with Gasteiger partial charge in [0.1, 0.15) is 0 Å². The Labute approximate surface area is 156 Å². The molecule has 0 aromatic heterocycles. The van der Waals surface area contributed by atoms with Crippen LogP contribution in [0, 0.1) is 0 Å². The van der Waals surface area contributed by atoms with Crippen LogP contribution in [-0.2, 0) is 9.84 Å². The summed E-state index contributed by atoms with van der Waals surface area (Å²) in [4.78, 5) is 24.0. The molecule has 1 aliphatic rings.